The lowest BCUT2D eigenvalue weighted by atomic mass is 10.0. The molecule has 5 heteroatoms. The molecule has 0 aliphatic carbocycles. The largest absolute Gasteiger partial charge is 0.481 e. The van der Waals surface area contributed by atoms with E-state index in [-0.39, 0.29) is 11.9 Å². The van der Waals surface area contributed by atoms with Crippen molar-refractivity contribution in [1.82, 2.24) is 14.8 Å². The van der Waals surface area contributed by atoms with Crippen LogP contribution in [0.1, 0.15) is 36.7 Å². The number of methoxy groups -OCH3 is 1. The minimum absolute atomic E-state index is 0.0300. The van der Waals surface area contributed by atoms with Gasteiger partial charge in [0.15, 0.2) is 0 Å². The monoisotopic (exact) mass is 339 g/mol. The van der Waals surface area contributed by atoms with Crippen LogP contribution in [0.5, 0.6) is 5.88 Å². The first-order valence-corrected chi connectivity index (χ1v) is 9.20. The van der Waals surface area contributed by atoms with Crippen molar-refractivity contribution in [3.63, 3.8) is 0 Å². The molecule has 25 heavy (non-hydrogen) atoms. The van der Waals surface area contributed by atoms with E-state index in [9.17, 15) is 4.79 Å². The first-order valence-electron chi connectivity index (χ1n) is 9.20. The van der Waals surface area contributed by atoms with E-state index in [1.165, 1.54) is 19.4 Å². The first kappa shape index (κ1) is 16.3. The van der Waals surface area contributed by atoms with Crippen LogP contribution in [-0.4, -0.2) is 59.5 Å². The van der Waals surface area contributed by atoms with Gasteiger partial charge in [-0.1, -0.05) is 25.1 Å². The minimum Gasteiger partial charge on any atom is -0.481 e. The van der Waals surface area contributed by atoms with E-state index >= 15 is 0 Å². The molecule has 2 aliphatic rings. The standard InChI is InChI=1S/C20H25N3O2/c1-3-15-12-22-10-6-8-16(22)13-23(15)20(24)18-11-14-7-4-5-9-17(14)19(21-18)25-2/h4-5,7,9,11,15-16H,3,6,8,10,12-13H2,1-2H3/t15-,16+/m0/s1. The lowest BCUT2D eigenvalue weighted by Crippen LogP contribution is -2.57. The third-order valence-electron chi connectivity index (χ3n) is 5.64. The highest BCUT2D eigenvalue weighted by Crippen LogP contribution is 2.29. The quantitative estimate of drug-likeness (QED) is 0.862. The molecule has 0 bridgehead atoms. The number of ether oxygens (including phenoxy) is 1. The van der Waals surface area contributed by atoms with Gasteiger partial charge in [0.05, 0.1) is 7.11 Å². The lowest BCUT2D eigenvalue weighted by Gasteiger charge is -2.43. The summed E-state index contributed by atoms with van der Waals surface area (Å²) in [6.07, 6.45) is 3.40. The molecular formula is C20H25N3O2. The molecule has 3 heterocycles. The summed E-state index contributed by atoms with van der Waals surface area (Å²) in [5.74, 6) is 0.552. The van der Waals surface area contributed by atoms with Crippen LogP contribution in [0.4, 0.5) is 0 Å². The highest BCUT2D eigenvalue weighted by Gasteiger charge is 2.38. The highest BCUT2D eigenvalue weighted by atomic mass is 16.5. The van der Waals surface area contributed by atoms with Gasteiger partial charge in [-0.2, -0.15) is 0 Å². The summed E-state index contributed by atoms with van der Waals surface area (Å²) in [5, 5.41) is 1.93. The van der Waals surface area contributed by atoms with E-state index < -0.39 is 0 Å². The van der Waals surface area contributed by atoms with Crippen LogP contribution in [0.15, 0.2) is 30.3 Å². The number of aromatic nitrogens is 1. The number of hydrogen-bond donors (Lipinski definition) is 0. The van der Waals surface area contributed by atoms with Crippen molar-refractivity contribution < 1.29 is 9.53 Å². The molecule has 0 unspecified atom stereocenters. The fourth-order valence-electron chi connectivity index (χ4n) is 4.26. The Bertz CT molecular complexity index is 792. The molecule has 0 N–H and O–H groups in total. The van der Waals surface area contributed by atoms with Crippen molar-refractivity contribution in [2.45, 2.75) is 38.3 Å². The van der Waals surface area contributed by atoms with E-state index in [0.29, 0.717) is 17.6 Å². The van der Waals surface area contributed by atoms with Gasteiger partial charge in [0.25, 0.3) is 5.91 Å². The zero-order valence-electron chi connectivity index (χ0n) is 14.9. The summed E-state index contributed by atoms with van der Waals surface area (Å²) in [6, 6.07) is 10.6. The molecule has 4 rings (SSSR count). The Morgan fingerprint density at radius 2 is 2.16 bits per heavy atom. The number of piperazine rings is 1. The fourth-order valence-corrected chi connectivity index (χ4v) is 4.26. The van der Waals surface area contributed by atoms with Gasteiger partial charge in [-0.15, -0.1) is 0 Å². The maximum atomic E-state index is 13.3. The van der Waals surface area contributed by atoms with E-state index in [0.717, 1.165) is 30.3 Å². The SMILES string of the molecule is CC[C@H]1CN2CCC[C@@H]2CN1C(=O)c1cc2ccccc2c(OC)n1. The molecule has 132 valence electrons. The van der Waals surface area contributed by atoms with Crippen LogP contribution >= 0.6 is 0 Å². The van der Waals surface area contributed by atoms with Gasteiger partial charge in [-0.25, -0.2) is 4.98 Å². The third-order valence-corrected chi connectivity index (χ3v) is 5.64. The Labute approximate surface area is 148 Å². The molecule has 2 saturated heterocycles. The molecule has 0 saturated carbocycles. The van der Waals surface area contributed by atoms with Crippen LogP contribution in [0, 0.1) is 0 Å². The van der Waals surface area contributed by atoms with Crippen LogP contribution in [-0.2, 0) is 0 Å². The molecule has 1 aromatic carbocycles. The van der Waals surface area contributed by atoms with Crippen molar-refractivity contribution in [3.8, 4) is 5.88 Å². The second kappa shape index (κ2) is 6.64. The van der Waals surface area contributed by atoms with E-state index in [1.54, 1.807) is 7.11 Å². The number of pyridine rings is 1. The average molecular weight is 339 g/mol. The Morgan fingerprint density at radius 3 is 2.96 bits per heavy atom. The molecule has 2 aliphatic heterocycles. The van der Waals surface area contributed by atoms with Crippen molar-refractivity contribution >= 4 is 16.7 Å². The summed E-state index contributed by atoms with van der Waals surface area (Å²) in [4.78, 5) is 22.4. The molecule has 5 nitrogen and oxygen atoms in total. The number of carbonyl (C=O) groups excluding carboxylic acids is 1. The van der Waals surface area contributed by atoms with Crippen molar-refractivity contribution in [2.75, 3.05) is 26.7 Å². The molecule has 2 atom stereocenters. The summed E-state index contributed by atoms with van der Waals surface area (Å²) in [6.45, 7) is 5.13. The number of rotatable bonds is 3. The van der Waals surface area contributed by atoms with E-state index in [1.807, 2.05) is 35.2 Å². The Hall–Kier alpha value is -2.14. The molecule has 0 spiro atoms. The topological polar surface area (TPSA) is 45.7 Å². The van der Waals surface area contributed by atoms with Gasteiger partial charge in [0.1, 0.15) is 5.69 Å². The molecular weight excluding hydrogens is 314 g/mol. The number of fused-ring (bicyclic) bond motifs is 2. The third kappa shape index (κ3) is 2.86. The Morgan fingerprint density at radius 1 is 1.32 bits per heavy atom. The van der Waals surface area contributed by atoms with Gasteiger partial charge < -0.3 is 9.64 Å². The van der Waals surface area contributed by atoms with Crippen molar-refractivity contribution in [3.05, 3.63) is 36.0 Å². The summed E-state index contributed by atoms with van der Waals surface area (Å²) < 4.78 is 5.44. The number of carbonyl (C=O) groups is 1. The second-order valence-electron chi connectivity index (χ2n) is 7.05. The summed E-state index contributed by atoms with van der Waals surface area (Å²) in [5.41, 5.74) is 0.487. The maximum absolute atomic E-state index is 13.3. The van der Waals surface area contributed by atoms with Crippen LogP contribution in [0.2, 0.25) is 0 Å². The minimum atomic E-state index is 0.0300. The molecule has 1 amide bonds. The molecule has 1 aromatic heterocycles. The summed E-state index contributed by atoms with van der Waals surface area (Å²) in [7, 11) is 1.61. The summed E-state index contributed by atoms with van der Waals surface area (Å²) >= 11 is 0. The molecule has 2 aromatic rings. The van der Waals surface area contributed by atoms with Gasteiger partial charge >= 0.3 is 0 Å². The van der Waals surface area contributed by atoms with Crippen molar-refractivity contribution in [1.29, 1.82) is 0 Å². The van der Waals surface area contributed by atoms with Gasteiger partial charge in [-0.3, -0.25) is 9.69 Å². The molecule has 2 fully saturated rings. The predicted molar refractivity (Wildman–Crippen MR) is 98.0 cm³/mol. The number of benzene rings is 1. The number of amides is 1. The van der Waals surface area contributed by atoms with Crippen LogP contribution < -0.4 is 4.74 Å². The normalized spacial score (nSPS) is 23.7. The number of nitrogens with zero attached hydrogens (tertiary/aromatic N) is 3. The first-order chi connectivity index (χ1) is 12.2. The van der Waals surface area contributed by atoms with E-state index in [2.05, 4.69) is 16.8 Å². The van der Waals surface area contributed by atoms with Crippen LogP contribution in [0.3, 0.4) is 0 Å². The predicted octanol–water partition coefficient (Wildman–Crippen LogP) is 2.94. The lowest BCUT2D eigenvalue weighted by molar-refractivity contribution is 0.0340. The fraction of sp³-hybridized carbons (Fsp3) is 0.500. The average Bonchev–Trinajstić information content (AvgIpc) is 3.12. The zero-order valence-corrected chi connectivity index (χ0v) is 14.9. The van der Waals surface area contributed by atoms with Gasteiger partial charge in [-0.05, 0) is 43.3 Å². The van der Waals surface area contributed by atoms with Gasteiger partial charge in [0, 0.05) is 30.6 Å². The van der Waals surface area contributed by atoms with Crippen molar-refractivity contribution in [2.24, 2.45) is 0 Å². The number of hydrogen-bond acceptors (Lipinski definition) is 4. The second-order valence-corrected chi connectivity index (χ2v) is 7.05. The maximum Gasteiger partial charge on any atom is 0.272 e. The van der Waals surface area contributed by atoms with E-state index in [4.69, 9.17) is 4.74 Å². The van der Waals surface area contributed by atoms with Gasteiger partial charge in [0.2, 0.25) is 5.88 Å². The Kier molecular flexibility index (Phi) is 4.34. The Balaban J connectivity index is 1.68. The van der Waals surface area contributed by atoms with Crippen LogP contribution in [0.25, 0.3) is 10.8 Å². The smallest absolute Gasteiger partial charge is 0.272 e. The molecule has 0 radical (unpaired) electrons. The zero-order chi connectivity index (χ0) is 17.4. The highest BCUT2D eigenvalue weighted by molar-refractivity contribution is 5.98.